The van der Waals surface area contributed by atoms with Crippen LogP contribution in [-0.2, 0) is 5.41 Å². The lowest BCUT2D eigenvalue weighted by Gasteiger charge is -2.31. The molecule has 1 aromatic heterocycles. The molecule has 1 saturated carbocycles. The van der Waals surface area contributed by atoms with Crippen LogP contribution in [0.25, 0.3) is 0 Å². The summed E-state index contributed by atoms with van der Waals surface area (Å²) in [5, 5.41) is 2.21. The molecular weight excluding hydrogens is 202 g/mol. The molecule has 2 rings (SSSR count). The summed E-state index contributed by atoms with van der Waals surface area (Å²) in [5.41, 5.74) is 6.24. The summed E-state index contributed by atoms with van der Waals surface area (Å²) >= 11 is 1.92. The molecule has 1 aliphatic carbocycles. The molecule has 84 valence electrons. The lowest BCUT2D eigenvalue weighted by atomic mass is 9.76. The van der Waals surface area contributed by atoms with Crippen molar-refractivity contribution in [1.82, 2.24) is 0 Å². The molecule has 0 saturated heterocycles. The van der Waals surface area contributed by atoms with Gasteiger partial charge in [0.15, 0.2) is 0 Å². The molecule has 2 N–H and O–H groups in total. The largest absolute Gasteiger partial charge is 0.330 e. The third-order valence-electron chi connectivity index (χ3n) is 3.73. The quantitative estimate of drug-likeness (QED) is 0.777. The summed E-state index contributed by atoms with van der Waals surface area (Å²) in [7, 11) is 0. The fraction of sp³-hybridized carbons (Fsp3) is 0.692. The monoisotopic (exact) mass is 223 g/mol. The number of thiophene rings is 1. The van der Waals surface area contributed by atoms with E-state index in [1.165, 1.54) is 44.9 Å². The highest BCUT2D eigenvalue weighted by Gasteiger charge is 2.32. The predicted octanol–water partition coefficient (Wildman–Crippen LogP) is 3.69. The zero-order valence-electron chi connectivity index (χ0n) is 9.37. The van der Waals surface area contributed by atoms with Crippen LogP contribution in [0.4, 0.5) is 0 Å². The Hall–Kier alpha value is -0.340. The van der Waals surface area contributed by atoms with Crippen molar-refractivity contribution in [2.75, 3.05) is 6.54 Å². The van der Waals surface area contributed by atoms with E-state index >= 15 is 0 Å². The number of hydrogen-bond acceptors (Lipinski definition) is 2. The molecule has 0 radical (unpaired) electrons. The van der Waals surface area contributed by atoms with Gasteiger partial charge in [-0.3, -0.25) is 0 Å². The Morgan fingerprint density at radius 2 is 1.93 bits per heavy atom. The van der Waals surface area contributed by atoms with E-state index in [9.17, 15) is 0 Å². The van der Waals surface area contributed by atoms with Crippen molar-refractivity contribution < 1.29 is 0 Å². The number of nitrogens with two attached hydrogens (primary N) is 1. The van der Waals surface area contributed by atoms with Crippen molar-refractivity contribution in [3.63, 3.8) is 0 Å². The van der Waals surface area contributed by atoms with Gasteiger partial charge in [0.25, 0.3) is 0 Å². The van der Waals surface area contributed by atoms with E-state index in [1.54, 1.807) is 4.88 Å². The van der Waals surface area contributed by atoms with E-state index < -0.39 is 0 Å². The smallest absolute Gasteiger partial charge is 0.0107 e. The highest BCUT2D eigenvalue weighted by atomic mass is 32.1. The van der Waals surface area contributed by atoms with Gasteiger partial charge in [-0.15, -0.1) is 11.3 Å². The molecule has 2 heteroatoms. The van der Waals surface area contributed by atoms with Gasteiger partial charge in [-0.2, -0.15) is 0 Å². The van der Waals surface area contributed by atoms with Crippen molar-refractivity contribution in [2.24, 2.45) is 5.73 Å². The Labute approximate surface area is 96.7 Å². The summed E-state index contributed by atoms with van der Waals surface area (Å²) in [4.78, 5) is 1.58. The van der Waals surface area contributed by atoms with Crippen LogP contribution < -0.4 is 5.73 Å². The fourth-order valence-corrected chi connectivity index (χ4v) is 3.90. The van der Waals surface area contributed by atoms with Crippen molar-refractivity contribution in [1.29, 1.82) is 0 Å². The maximum Gasteiger partial charge on any atom is 0.0107 e. The van der Waals surface area contributed by atoms with Crippen LogP contribution in [0, 0.1) is 0 Å². The van der Waals surface area contributed by atoms with E-state index in [-0.39, 0.29) is 0 Å². The Morgan fingerprint density at radius 1 is 1.20 bits per heavy atom. The molecule has 1 heterocycles. The van der Waals surface area contributed by atoms with Crippen LogP contribution in [0.5, 0.6) is 0 Å². The second-order valence-corrected chi connectivity index (χ2v) is 5.66. The molecule has 0 amide bonds. The minimum absolute atomic E-state index is 0.430. The van der Waals surface area contributed by atoms with Crippen molar-refractivity contribution in [2.45, 2.75) is 50.4 Å². The van der Waals surface area contributed by atoms with Gasteiger partial charge in [0.05, 0.1) is 0 Å². The molecule has 0 unspecified atom stereocenters. The van der Waals surface area contributed by atoms with Crippen LogP contribution in [0.2, 0.25) is 0 Å². The Kier molecular flexibility index (Phi) is 3.81. The van der Waals surface area contributed by atoms with Gasteiger partial charge in [0.2, 0.25) is 0 Å². The van der Waals surface area contributed by atoms with Gasteiger partial charge in [0, 0.05) is 10.3 Å². The van der Waals surface area contributed by atoms with Gasteiger partial charge in [-0.05, 0) is 37.3 Å². The number of hydrogen-bond donors (Lipinski definition) is 1. The van der Waals surface area contributed by atoms with Crippen molar-refractivity contribution in [3.05, 3.63) is 22.4 Å². The first-order chi connectivity index (χ1) is 7.37. The van der Waals surface area contributed by atoms with Crippen LogP contribution >= 0.6 is 11.3 Å². The normalized spacial score (nSPS) is 21.1. The summed E-state index contributed by atoms with van der Waals surface area (Å²) in [6.45, 7) is 0.831. The molecule has 0 bridgehead atoms. The summed E-state index contributed by atoms with van der Waals surface area (Å²) in [5.74, 6) is 0. The SMILES string of the molecule is NCCC1(c2cccs2)CCCCCC1. The first-order valence-electron chi connectivity index (χ1n) is 6.11. The fourth-order valence-electron chi connectivity index (χ4n) is 2.88. The van der Waals surface area contributed by atoms with Crippen molar-refractivity contribution >= 4 is 11.3 Å². The average molecular weight is 223 g/mol. The third kappa shape index (κ3) is 2.43. The second-order valence-electron chi connectivity index (χ2n) is 4.71. The first kappa shape index (κ1) is 11.2. The van der Waals surface area contributed by atoms with Crippen LogP contribution in [0.1, 0.15) is 49.8 Å². The number of rotatable bonds is 3. The molecule has 0 atom stereocenters. The minimum atomic E-state index is 0.430. The van der Waals surface area contributed by atoms with E-state index in [0.29, 0.717) is 5.41 Å². The lowest BCUT2D eigenvalue weighted by Crippen LogP contribution is -2.27. The summed E-state index contributed by atoms with van der Waals surface area (Å²) < 4.78 is 0. The molecule has 0 aliphatic heterocycles. The molecule has 15 heavy (non-hydrogen) atoms. The maximum atomic E-state index is 5.81. The molecule has 0 spiro atoms. The van der Waals surface area contributed by atoms with Crippen LogP contribution in [-0.4, -0.2) is 6.54 Å². The summed E-state index contributed by atoms with van der Waals surface area (Å²) in [6.07, 6.45) is 9.48. The molecule has 1 fully saturated rings. The minimum Gasteiger partial charge on any atom is -0.330 e. The zero-order chi connectivity index (χ0) is 10.6. The van der Waals surface area contributed by atoms with Crippen molar-refractivity contribution in [3.8, 4) is 0 Å². The molecule has 1 aromatic rings. The highest BCUT2D eigenvalue weighted by Crippen LogP contribution is 2.42. The van der Waals surface area contributed by atoms with E-state index in [4.69, 9.17) is 5.73 Å². The highest BCUT2D eigenvalue weighted by molar-refractivity contribution is 7.10. The van der Waals surface area contributed by atoms with E-state index in [1.807, 2.05) is 11.3 Å². The second kappa shape index (κ2) is 5.13. The lowest BCUT2D eigenvalue weighted by molar-refractivity contribution is 0.355. The Morgan fingerprint density at radius 3 is 2.47 bits per heavy atom. The van der Waals surface area contributed by atoms with Crippen LogP contribution in [0.3, 0.4) is 0 Å². The Bertz CT molecular complexity index is 271. The Balaban J connectivity index is 2.21. The average Bonchev–Trinajstić information content (AvgIpc) is 2.68. The molecule has 1 aliphatic rings. The molecular formula is C13H21NS. The third-order valence-corrected chi connectivity index (χ3v) is 4.84. The first-order valence-corrected chi connectivity index (χ1v) is 6.99. The van der Waals surface area contributed by atoms with Gasteiger partial charge in [-0.25, -0.2) is 0 Å². The van der Waals surface area contributed by atoms with E-state index in [0.717, 1.165) is 6.54 Å². The standard InChI is InChI=1S/C13H21NS/c14-10-9-13(12-6-5-11-15-12)7-3-1-2-4-8-13/h5-6,11H,1-4,7-10,14H2. The summed E-state index contributed by atoms with van der Waals surface area (Å²) in [6, 6.07) is 4.49. The van der Waals surface area contributed by atoms with Gasteiger partial charge in [-0.1, -0.05) is 31.7 Å². The topological polar surface area (TPSA) is 26.0 Å². The van der Waals surface area contributed by atoms with Gasteiger partial charge < -0.3 is 5.73 Å². The zero-order valence-corrected chi connectivity index (χ0v) is 10.2. The predicted molar refractivity (Wildman–Crippen MR) is 67.4 cm³/mol. The molecule has 1 nitrogen and oxygen atoms in total. The maximum absolute atomic E-state index is 5.81. The van der Waals surface area contributed by atoms with Crippen LogP contribution in [0.15, 0.2) is 17.5 Å². The molecule has 0 aromatic carbocycles. The van der Waals surface area contributed by atoms with Gasteiger partial charge >= 0.3 is 0 Å². The van der Waals surface area contributed by atoms with Gasteiger partial charge in [0.1, 0.15) is 0 Å². The van der Waals surface area contributed by atoms with E-state index in [2.05, 4.69) is 17.5 Å².